The Morgan fingerprint density at radius 3 is 2.00 bits per heavy atom. The average molecular weight is 353 g/mol. The zero-order chi connectivity index (χ0) is 15.4. The molecule has 0 aliphatic rings. The molecule has 1 N–H and O–H groups in total. The van der Waals surface area contributed by atoms with Crippen molar-refractivity contribution in [3.05, 3.63) is 52.0 Å². The van der Waals surface area contributed by atoms with Crippen molar-refractivity contribution in [3.8, 4) is 17.2 Å². The molecule has 0 spiro atoms. The molecule has 0 heterocycles. The number of hydrogen-bond acceptors (Lipinski definition) is 4. The highest BCUT2D eigenvalue weighted by Crippen LogP contribution is 2.38. The topological polar surface area (TPSA) is 47.9 Å². The number of aliphatic hydroxyl groups is 1. The minimum absolute atomic E-state index is 0.572. The van der Waals surface area contributed by atoms with Gasteiger partial charge in [0.2, 0.25) is 0 Å². The maximum atomic E-state index is 10.6. The van der Waals surface area contributed by atoms with Gasteiger partial charge in [-0.2, -0.15) is 0 Å². The fourth-order valence-electron chi connectivity index (χ4n) is 2.05. The molecule has 0 radical (unpaired) electrons. The van der Waals surface area contributed by atoms with Crippen LogP contribution >= 0.6 is 15.9 Å². The maximum Gasteiger partial charge on any atom is 0.161 e. The minimum atomic E-state index is -0.773. The first-order chi connectivity index (χ1) is 10.1. The van der Waals surface area contributed by atoms with Crippen LogP contribution in [0.15, 0.2) is 40.9 Å². The summed E-state index contributed by atoms with van der Waals surface area (Å²) in [7, 11) is 4.75. The predicted octanol–water partition coefficient (Wildman–Crippen LogP) is 3.56. The van der Waals surface area contributed by atoms with Gasteiger partial charge >= 0.3 is 0 Å². The van der Waals surface area contributed by atoms with Crippen LogP contribution in [0.2, 0.25) is 0 Å². The van der Waals surface area contributed by atoms with Crippen LogP contribution in [-0.4, -0.2) is 26.4 Å². The van der Waals surface area contributed by atoms with Crippen molar-refractivity contribution in [1.29, 1.82) is 0 Å². The molecule has 0 saturated carbocycles. The third-order valence-electron chi connectivity index (χ3n) is 3.23. The Hall–Kier alpha value is -1.72. The molecule has 21 heavy (non-hydrogen) atoms. The Kier molecular flexibility index (Phi) is 5.09. The standard InChI is InChI=1S/C16H17BrO4/c1-19-11-6-4-10(5-7-11)16(18)12-8-14(20-2)15(21-3)9-13(12)17/h4-9,16,18H,1-3H3. The van der Waals surface area contributed by atoms with Crippen molar-refractivity contribution >= 4 is 15.9 Å². The zero-order valence-electron chi connectivity index (χ0n) is 12.1. The monoisotopic (exact) mass is 352 g/mol. The van der Waals surface area contributed by atoms with Crippen molar-refractivity contribution in [2.24, 2.45) is 0 Å². The molecule has 0 saturated heterocycles. The molecule has 0 aromatic heterocycles. The minimum Gasteiger partial charge on any atom is -0.497 e. The summed E-state index contributed by atoms with van der Waals surface area (Å²) in [5.74, 6) is 1.93. The third kappa shape index (κ3) is 3.31. The molecule has 0 aliphatic carbocycles. The summed E-state index contributed by atoms with van der Waals surface area (Å²) in [5, 5.41) is 10.6. The summed E-state index contributed by atoms with van der Waals surface area (Å²) in [4.78, 5) is 0. The number of methoxy groups -OCH3 is 3. The van der Waals surface area contributed by atoms with E-state index < -0.39 is 6.10 Å². The Balaban J connectivity index is 2.39. The molecule has 0 fully saturated rings. The van der Waals surface area contributed by atoms with Gasteiger partial charge in [0.1, 0.15) is 11.9 Å². The Morgan fingerprint density at radius 1 is 0.905 bits per heavy atom. The summed E-state index contributed by atoms with van der Waals surface area (Å²) in [6, 6.07) is 10.8. The quantitative estimate of drug-likeness (QED) is 0.893. The highest BCUT2D eigenvalue weighted by Gasteiger charge is 2.17. The molecule has 0 amide bonds. The first kappa shape index (κ1) is 15.7. The molecule has 0 bridgehead atoms. The van der Waals surface area contributed by atoms with Gasteiger partial charge in [-0.05, 0) is 29.8 Å². The first-order valence-electron chi connectivity index (χ1n) is 6.34. The Morgan fingerprint density at radius 2 is 1.48 bits per heavy atom. The van der Waals surface area contributed by atoms with E-state index in [0.717, 1.165) is 15.8 Å². The SMILES string of the molecule is COc1ccc(C(O)c2cc(OC)c(OC)cc2Br)cc1. The predicted molar refractivity (Wildman–Crippen MR) is 84.3 cm³/mol. The highest BCUT2D eigenvalue weighted by molar-refractivity contribution is 9.10. The van der Waals surface area contributed by atoms with Gasteiger partial charge in [0.25, 0.3) is 0 Å². The normalized spacial score (nSPS) is 11.9. The van der Waals surface area contributed by atoms with Crippen LogP contribution in [0, 0.1) is 0 Å². The molecule has 0 aliphatic heterocycles. The van der Waals surface area contributed by atoms with Gasteiger partial charge in [-0.15, -0.1) is 0 Å². The molecule has 112 valence electrons. The number of halogens is 1. The van der Waals surface area contributed by atoms with Gasteiger partial charge in [-0.3, -0.25) is 0 Å². The van der Waals surface area contributed by atoms with E-state index >= 15 is 0 Å². The van der Waals surface area contributed by atoms with E-state index in [0.29, 0.717) is 17.1 Å². The Bertz CT molecular complexity index is 610. The van der Waals surface area contributed by atoms with Crippen molar-refractivity contribution < 1.29 is 19.3 Å². The molecule has 1 unspecified atom stereocenters. The molecular weight excluding hydrogens is 336 g/mol. The summed E-state index contributed by atoms with van der Waals surface area (Å²) in [6.07, 6.45) is -0.773. The van der Waals surface area contributed by atoms with E-state index in [1.54, 1.807) is 33.5 Å². The lowest BCUT2D eigenvalue weighted by molar-refractivity contribution is 0.218. The van der Waals surface area contributed by atoms with Gasteiger partial charge in [0.15, 0.2) is 11.5 Å². The van der Waals surface area contributed by atoms with Crippen molar-refractivity contribution in [1.82, 2.24) is 0 Å². The van der Waals surface area contributed by atoms with Gasteiger partial charge in [-0.25, -0.2) is 0 Å². The molecule has 2 aromatic carbocycles. The van der Waals surface area contributed by atoms with Crippen LogP contribution in [0.3, 0.4) is 0 Å². The third-order valence-corrected chi connectivity index (χ3v) is 3.92. The van der Waals surface area contributed by atoms with Gasteiger partial charge in [0, 0.05) is 10.0 Å². The number of ether oxygens (including phenoxy) is 3. The largest absolute Gasteiger partial charge is 0.497 e. The van der Waals surface area contributed by atoms with Gasteiger partial charge < -0.3 is 19.3 Å². The van der Waals surface area contributed by atoms with Crippen LogP contribution in [0.25, 0.3) is 0 Å². The summed E-state index contributed by atoms with van der Waals surface area (Å²) in [6.45, 7) is 0. The first-order valence-corrected chi connectivity index (χ1v) is 7.13. The summed E-state index contributed by atoms with van der Waals surface area (Å²) in [5.41, 5.74) is 1.47. The molecule has 4 nitrogen and oxygen atoms in total. The second-order valence-corrected chi connectivity index (χ2v) is 5.26. The number of aliphatic hydroxyl groups excluding tert-OH is 1. The maximum absolute atomic E-state index is 10.6. The van der Waals surface area contributed by atoms with Crippen molar-refractivity contribution in [3.63, 3.8) is 0 Å². The fraction of sp³-hybridized carbons (Fsp3) is 0.250. The number of rotatable bonds is 5. The molecular formula is C16H17BrO4. The molecule has 2 rings (SSSR count). The van der Waals surface area contributed by atoms with Crippen LogP contribution in [0.4, 0.5) is 0 Å². The summed E-state index contributed by atoms with van der Waals surface area (Å²) >= 11 is 3.46. The van der Waals surface area contributed by atoms with Crippen molar-refractivity contribution in [2.75, 3.05) is 21.3 Å². The van der Waals surface area contributed by atoms with Crippen LogP contribution in [-0.2, 0) is 0 Å². The summed E-state index contributed by atoms with van der Waals surface area (Å²) < 4.78 is 16.4. The lowest BCUT2D eigenvalue weighted by atomic mass is 10.0. The van der Waals surface area contributed by atoms with Crippen LogP contribution in [0.1, 0.15) is 17.2 Å². The van der Waals surface area contributed by atoms with E-state index in [9.17, 15) is 5.11 Å². The van der Waals surface area contributed by atoms with E-state index in [1.807, 2.05) is 24.3 Å². The van der Waals surface area contributed by atoms with E-state index in [1.165, 1.54) is 0 Å². The van der Waals surface area contributed by atoms with E-state index in [2.05, 4.69) is 15.9 Å². The second-order valence-electron chi connectivity index (χ2n) is 4.40. The number of benzene rings is 2. The lowest BCUT2D eigenvalue weighted by Crippen LogP contribution is -2.02. The van der Waals surface area contributed by atoms with Gasteiger partial charge in [0.05, 0.1) is 21.3 Å². The smallest absolute Gasteiger partial charge is 0.161 e. The second kappa shape index (κ2) is 6.83. The van der Waals surface area contributed by atoms with E-state index in [4.69, 9.17) is 14.2 Å². The highest BCUT2D eigenvalue weighted by atomic mass is 79.9. The van der Waals surface area contributed by atoms with Gasteiger partial charge in [-0.1, -0.05) is 28.1 Å². The number of hydrogen-bond donors (Lipinski definition) is 1. The zero-order valence-corrected chi connectivity index (χ0v) is 13.7. The lowest BCUT2D eigenvalue weighted by Gasteiger charge is -2.17. The Labute approximate surface area is 132 Å². The average Bonchev–Trinajstić information content (AvgIpc) is 2.54. The molecule has 1 atom stereocenters. The molecule has 5 heteroatoms. The molecule has 2 aromatic rings. The van der Waals surface area contributed by atoms with Crippen LogP contribution < -0.4 is 14.2 Å². The van der Waals surface area contributed by atoms with Crippen molar-refractivity contribution in [2.45, 2.75) is 6.10 Å². The van der Waals surface area contributed by atoms with Crippen LogP contribution in [0.5, 0.6) is 17.2 Å². The fourth-order valence-corrected chi connectivity index (χ4v) is 2.58. The van der Waals surface area contributed by atoms with E-state index in [-0.39, 0.29) is 0 Å².